The molecule has 1 aliphatic rings. The lowest BCUT2D eigenvalue weighted by Crippen LogP contribution is -2.40. The van der Waals surface area contributed by atoms with E-state index in [-0.39, 0.29) is 5.91 Å². The van der Waals surface area contributed by atoms with Gasteiger partial charge in [-0.05, 0) is 49.9 Å². The number of hydrogen-bond donors (Lipinski definition) is 0. The minimum absolute atomic E-state index is 0.219. The lowest BCUT2D eigenvalue weighted by molar-refractivity contribution is -0.129. The molecule has 1 saturated heterocycles. The van der Waals surface area contributed by atoms with Gasteiger partial charge in [0, 0.05) is 22.5 Å². The molecule has 1 amide bonds. The second kappa shape index (κ2) is 7.70. The van der Waals surface area contributed by atoms with Crippen LogP contribution in [-0.2, 0) is 4.79 Å². The van der Waals surface area contributed by atoms with Crippen LogP contribution < -0.4 is 0 Å². The van der Waals surface area contributed by atoms with Crippen molar-refractivity contribution in [1.29, 1.82) is 0 Å². The van der Waals surface area contributed by atoms with Crippen LogP contribution in [0, 0.1) is 13.8 Å². The number of halogens is 1. The van der Waals surface area contributed by atoms with Crippen LogP contribution in [0.4, 0.5) is 0 Å². The highest BCUT2D eigenvalue weighted by Gasteiger charge is 2.24. The fourth-order valence-electron chi connectivity index (χ4n) is 2.93. The zero-order valence-electron chi connectivity index (χ0n) is 13.9. The third-order valence-corrected chi connectivity index (χ3v) is 6.43. The molecule has 1 aromatic carbocycles. The Labute approximate surface area is 155 Å². The molecule has 0 radical (unpaired) electrons. The van der Waals surface area contributed by atoms with Crippen molar-refractivity contribution in [3.63, 3.8) is 0 Å². The van der Waals surface area contributed by atoms with E-state index < -0.39 is 0 Å². The third-order valence-electron chi connectivity index (χ3n) is 4.44. The average Bonchev–Trinajstić information content (AvgIpc) is 3.11. The van der Waals surface area contributed by atoms with E-state index in [2.05, 4.69) is 52.0 Å². The van der Waals surface area contributed by atoms with Crippen molar-refractivity contribution in [2.75, 3.05) is 18.8 Å². The highest BCUT2D eigenvalue weighted by molar-refractivity contribution is 9.10. The first kappa shape index (κ1) is 17.5. The number of aryl methyl sites for hydroxylation is 2. The molecule has 2 aromatic rings. The summed E-state index contributed by atoms with van der Waals surface area (Å²) in [6, 6.07) is 4.63. The Kier molecular flexibility index (Phi) is 5.61. The van der Waals surface area contributed by atoms with E-state index in [0.717, 1.165) is 30.4 Å². The van der Waals surface area contributed by atoms with Crippen LogP contribution >= 0.6 is 27.7 Å². The average molecular weight is 409 g/mol. The van der Waals surface area contributed by atoms with E-state index >= 15 is 0 Å². The molecule has 0 N–H and O–H groups in total. The number of amides is 1. The fraction of sp³-hybridized carbons (Fsp3) is 0.471. The Morgan fingerprint density at radius 1 is 1.29 bits per heavy atom. The minimum atomic E-state index is 0.219. The minimum Gasteiger partial charge on any atom is -0.342 e. The van der Waals surface area contributed by atoms with Crippen molar-refractivity contribution in [2.45, 2.75) is 37.6 Å². The van der Waals surface area contributed by atoms with Crippen molar-refractivity contribution < 1.29 is 4.79 Å². The number of carbonyl (C=O) groups is 1. The van der Waals surface area contributed by atoms with Crippen LogP contribution in [0.3, 0.4) is 0 Å². The number of aromatic nitrogens is 3. The van der Waals surface area contributed by atoms with Crippen LogP contribution in [0.1, 0.15) is 30.0 Å². The Morgan fingerprint density at radius 2 is 2.04 bits per heavy atom. The number of thioether (sulfide) groups is 1. The second-order valence-electron chi connectivity index (χ2n) is 6.14. The number of piperidine rings is 1. The molecule has 0 aliphatic carbocycles. The summed E-state index contributed by atoms with van der Waals surface area (Å²) in [6.07, 6.45) is 5.21. The lowest BCUT2D eigenvalue weighted by atomic mass is 10.1. The van der Waals surface area contributed by atoms with Gasteiger partial charge in [-0.3, -0.25) is 4.79 Å². The summed E-state index contributed by atoms with van der Waals surface area (Å²) in [5.41, 5.74) is 2.40. The standard InChI is InChI=1S/C17H21BrN4OS/c1-12-8-16(13(2)7-15(12)18)24-9-17(23)21-5-3-14(4-6-21)22-11-19-10-20-22/h7-8,10-11,14H,3-6,9H2,1-2H3. The Bertz CT molecular complexity index is 712. The Morgan fingerprint density at radius 3 is 2.71 bits per heavy atom. The monoisotopic (exact) mass is 408 g/mol. The summed E-state index contributed by atoms with van der Waals surface area (Å²) in [5, 5.41) is 4.20. The van der Waals surface area contributed by atoms with Crippen molar-refractivity contribution >= 4 is 33.6 Å². The van der Waals surface area contributed by atoms with Gasteiger partial charge in [0.2, 0.25) is 5.91 Å². The van der Waals surface area contributed by atoms with Crippen LogP contribution in [0.15, 0.2) is 34.2 Å². The second-order valence-corrected chi connectivity index (χ2v) is 8.01. The smallest absolute Gasteiger partial charge is 0.232 e. The summed E-state index contributed by atoms with van der Waals surface area (Å²) >= 11 is 5.18. The zero-order chi connectivity index (χ0) is 17.1. The normalized spacial score (nSPS) is 15.7. The summed E-state index contributed by atoms with van der Waals surface area (Å²) in [6.45, 7) is 5.75. The first-order chi connectivity index (χ1) is 11.5. The largest absolute Gasteiger partial charge is 0.342 e. The molecule has 0 saturated carbocycles. The quantitative estimate of drug-likeness (QED) is 0.724. The molecule has 1 fully saturated rings. The molecule has 7 heteroatoms. The number of hydrogen-bond acceptors (Lipinski definition) is 4. The molecule has 0 spiro atoms. The maximum absolute atomic E-state index is 12.5. The summed E-state index contributed by atoms with van der Waals surface area (Å²) in [5.74, 6) is 0.715. The first-order valence-electron chi connectivity index (χ1n) is 8.06. The fourth-order valence-corrected chi connectivity index (χ4v) is 4.39. The molecule has 2 heterocycles. The van der Waals surface area contributed by atoms with Gasteiger partial charge in [-0.15, -0.1) is 11.8 Å². The molecule has 0 unspecified atom stereocenters. The van der Waals surface area contributed by atoms with Gasteiger partial charge in [0.1, 0.15) is 12.7 Å². The van der Waals surface area contributed by atoms with Gasteiger partial charge in [0.05, 0.1) is 11.8 Å². The zero-order valence-corrected chi connectivity index (χ0v) is 16.3. The van der Waals surface area contributed by atoms with Gasteiger partial charge in [-0.25, -0.2) is 9.67 Å². The van der Waals surface area contributed by atoms with E-state index in [9.17, 15) is 4.79 Å². The number of rotatable bonds is 4. The molecule has 5 nitrogen and oxygen atoms in total. The summed E-state index contributed by atoms with van der Waals surface area (Å²) in [7, 11) is 0. The van der Waals surface area contributed by atoms with Gasteiger partial charge in [-0.2, -0.15) is 5.10 Å². The number of nitrogens with zero attached hydrogens (tertiary/aromatic N) is 4. The Balaban J connectivity index is 1.52. The summed E-state index contributed by atoms with van der Waals surface area (Å²) < 4.78 is 3.02. The highest BCUT2D eigenvalue weighted by Crippen LogP contribution is 2.29. The predicted octanol–water partition coefficient (Wildman–Crippen LogP) is 3.61. The van der Waals surface area contributed by atoms with E-state index in [4.69, 9.17) is 0 Å². The lowest BCUT2D eigenvalue weighted by Gasteiger charge is -2.31. The van der Waals surface area contributed by atoms with Crippen LogP contribution in [-0.4, -0.2) is 44.4 Å². The van der Waals surface area contributed by atoms with Gasteiger partial charge >= 0.3 is 0 Å². The van der Waals surface area contributed by atoms with Gasteiger partial charge < -0.3 is 4.90 Å². The van der Waals surface area contributed by atoms with Crippen LogP contribution in [0.2, 0.25) is 0 Å². The molecular formula is C17H21BrN4OS. The number of benzene rings is 1. The van der Waals surface area contributed by atoms with Gasteiger partial charge in [-0.1, -0.05) is 15.9 Å². The van der Waals surface area contributed by atoms with Crippen molar-refractivity contribution in [2.24, 2.45) is 0 Å². The molecule has 128 valence electrons. The van der Waals surface area contributed by atoms with Crippen LogP contribution in [0.25, 0.3) is 0 Å². The molecule has 1 aromatic heterocycles. The first-order valence-corrected chi connectivity index (χ1v) is 9.84. The van der Waals surface area contributed by atoms with E-state index in [1.807, 2.05) is 9.58 Å². The van der Waals surface area contributed by atoms with E-state index in [0.29, 0.717) is 11.8 Å². The maximum atomic E-state index is 12.5. The van der Waals surface area contributed by atoms with Crippen molar-refractivity contribution in [3.05, 3.63) is 40.4 Å². The molecule has 24 heavy (non-hydrogen) atoms. The molecule has 3 rings (SSSR count). The van der Waals surface area contributed by atoms with Gasteiger partial charge in [0.25, 0.3) is 0 Å². The van der Waals surface area contributed by atoms with Gasteiger partial charge in [0.15, 0.2) is 0 Å². The van der Waals surface area contributed by atoms with Crippen molar-refractivity contribution in [3.8, 4) is 0 Å². The van der Waals surface area contributed by atoms with E-state index in [1.165, 1.54) is 16.0 Å². The third kappa shape index (κ3) is 4.00. The highest BCUT2D eigenvalue weighted by atomic mass is 79.9. The maximum Gasteiger partial charge on any atom is 0.232 e. The van der Waals surface area contributed by atoms with Crippen LogP contribution in [0.5, 0.6) is 0 Å². The topological polar surface area (TPSA) is 51.0 Å². The SMILES string of the molecule is Cc1cc(SCC(=O)N2CCC(n3cncn3)CC2)c(C)cc1Br. The van der Waals surface area contributed by atoms with Crippen molar-refractivity contribution in [1.82, 2.24) is 19.7 Å². The molecule has 0 atom stereocenters. The Hall–Kier alpha value is -1.34. The van der Waals surface area contributed by atoms with E-state index in [1.54, 1.807) is 24.4 Å². The summed E-state index contributed by atoms with van der Waals surface area (Å²) in [4.78, 5) is 19.6. The molecule has 0 bridgehead atoms. The molecule has 1 aliphatic heterocycles. The number of carbonyl (C=O) groups excluding carboxylic acids is 1. The predicted molar refractivity (Wildman–Crippen MR) is 99.2 cm³/mol. The number of likely N-dealkylation sites (tertiary alicyclic amines) is 1. The molecular weight excluding hydrogens is 388 g/mol.